The van der Waals surface area contributed by atoms with Crippen LogP contribution in [0.25, 0.3) is 0 Å². The zero-order chi connectivity index (χ0) is 19.3. The number of nitrogens with one attached hydrogen (secondary N) is 1. The summed E-state index contributed by atoms with van der Waals surface area (Å²) in [4.78, 5) is 28.6. The van der Waals surface area contributed by atoms with E-state index < -0.39 is 11.5 Å². The van der Waals surface area contributed by atoms with Gasteiger partial charge in [0.15, 0.2) is 0 Å². The molecule has 1 aliphatic carbocycles. The van der Waals surface area contributed by atoms with Gasteiger partial charge in [0.05, 0.1) is 6.20 Å². The Kier molecular flexibility index (Phi) is 5.74. The summed E-state index contributed by atoms with van der Waals surface area (Å²) in [6, 6.07) is 10.8. The fourth-order valence-corrected chi connectivity index (χ4v) is 3.35. The van der Waals surface area contributed by atoms with E-state index in [2.05, 4.69) is 10.3 Å². The molecule has 2 aromatic rings. The number of aromatic nitrogens is 1. The topological polar surface area (TPSA) is 88.5 Å². The van der Waals surface area contributed by atoms with E-state index in [0.717, 1.165) is 30.5 Å². The summed E-state index contributed by atoms with van der Waals surface area (Å²) < 4.78 is 5.70. The van der Waals surface area contributed by atoms with Gasteiger partial charge in [-0.3, -0.25) is 9.78 Å². The summed E-state index contributed by atoms with van der Waals surface area (Å²) in [6.07, 6.45) is 5.22. The minimum atomic E-state index is -1.16. The quantitative estimate of drug-likeness (QED) is 0.815. The second-order valence-corrected chi connectivity index (χ2v) is 7.03. The number of aryl methyl sites for hydroxylation is 1. The summed E-state index contributed by atoms with van der Waals surface area (Å²) in [7, 11) is 0. The summed E-state index contributed by atoms with van der Waals surface area (Å²) >= 11 is 0. The van der Waals surface area contributed by atoms with E-state index in [1.807, 2.05) is 25.1 Å². The minimum Gasteiger partial charge on any atom is -0.487 e. The van der Waals surface area contributed by atoms with Gasteiger partial charge in [0.2, 0.25) is 0 Å². The standard InChI is InChI=1S/C21H24N2O4/c1-15-8-9-18(13-22-15)27-14-16-6-5-7-17(12-16)19(24)23-21(20(25)26)10-3-2-4-11-21/h5-9,12-13H,2-4,10-11,14H2,1H3,(H,23,24)(H,25,26). The molecule has 142 valence electrons. The number of benzene rings is 1. The molecule has 0 bridgehead atoms. The predicted molar refractivity (Wildman–Crippen MR) is 101 cm³/mol. The van der Waals surface area contributed by atoms with Crippen LogP contribution in [0.3, 0.4) is 0 Å². The fourth-order valence-electron chi connectivity index (χ4n) is 3.35. The number of carboxylic acids is 1. The van der Waals surface area contributed by atoms with Crippen molar-refractivity contribution in [3.05, 3.63) is 59.4 Å². The van der Waals surface area contributed by atoms with Crippen LogP contribution in [0.1, 0.15) is 53.7 Å². The van der Waals surface area contributed by atoms with Crippen LogP contribution in [0, 0.1) is 6.92 Å². The van der Waals surface area contributed by atoms with E-state index in [-0.39, 0.29) is 5.91 Å². The molecule has 1 aromatic carbocycles. The molecule has 1 saturated carbocycles. The van der Waals surface area contributed by atoms with E-state index in [1.54, 1.807) is 24.4 Å². The highest BCUT2D eigenvalue weighted by Gasteiger charge is 2.41. The van der Waals surface area contributed by atoms with E-state index in [1.165, 1.54) is 0 Å². The first kappa shape index (κ1) is 18.9. The fraction of sp³-hybridized carbons (Fsp3) is 0.381. The summed E-state index contributed by atoms with van der Waals surface area (Å²) in [6.45, 7) is 2.21. The van der Waals surface area contributed by atoms with E-state index in [4.69, 9.17) is 4.74 Å². The number of nitrogens with zero attached hydrogens (tertiary/aromatic N) is 1. The van der Waals surface area contributed by atoms with Gasteiger partial charge in [-0.2, -0.15) is 0 Å². The molecule has 1 aliphatic rings. The van der Waals surface area contributed by atoms with Gasteiger partial charge in [-0.05, 0) is 49.6 Å². The van der Waals surface area contributed by atoms with Crippen LogP contribution in [0.4, 0.5) is 0 Å². The SMILES string of the molecule is Cc1ccc(OCc2cccc(C(=O)NC3(C(=O)O)CCCCC3)c2)cn1. The Bertz CT molecular complexity index is 811. The maximum Gasteiger partial charge on any atom is 0.329 e. The Hall–Kier alpha value is -2.89. The molecule has 1 amide bonds. The first-order chi connectivity index (χ1) is 13.0. The number of amides is 1. The van der Waals surface area contributed by atoms with E-state index in [0.29, 0.717) is 30.8 Å². The Balaban J connectivity index is 1.67. The van der Waals surface area contributed by atoms with Gasteiger partial charge in [-0.15, -0.1) is 0 Å². The third-order valence-electron chi connectivity index (χ3n) is 4.95. The Labute approximate surface area is 158 Å². The molecule has 0 aliphatic heterocycles. The summed E-state index contributed by atoms with van der Waals surface area (Å²) in [5, 5.41) is 12.4. The first-order valence-electron chi connectivity index (χ1n) is 9.19. The normalized spacial score (nSPS) is 15.7. The average molecular weight is 368 g/mol. The number of carboxylic acid groups (broad SMARTS) is 1. The lowest BCUT2D eigenvalue weighted by molar-refractivity contribution is -0.145. The third-order valence-corrected chi connectivity index (χ3v) is 4.95. The maximum absolute atomic E-state index is 12.7. The van der Waals surface area contributed by atoms with Crippen molar-refractivity contribution in [2.75, 3.05) is 0 Å². The van der Waals surface area contributed by atoms with Crippen LogP contribution in [-0.4, -0.2) is 27.5 Å². The zero-order valence-corrected chi connectivity index (χ0v) is 15.4. The number of hydrogen-bond acceptors (Lipinski definition) is 4. The number of hydrogen-bond donors (Lipinski definition) is 2. The van der Waals surface area contributed by atoms with Crippen molar-refractivity contribution in [1.82, 2.24) is 10.3 Å². The van der Waals surface area contributed by atoms with Crippen molar-refractivity contribution in [2.24, 2.45) is 0 Å². The van der Waals surface area contributed by atoms with Crippen LogP contribution in [0.15, 0.2) is 42.6 Å². The first-order valence-corrected chi connectivity index (χ1v) is 9.19. The largest absolute Gasteiger partial charge is 0.487 e. The highest BCUT2D eigenvalue weighted by Crippen LogP contribution is 2.29. The van der Waals surface area contributed by atoms with Crippen LogP contribution in [-0.2, 0) is 11.4 Å². The third kappa shape index (κ3) is 4.64. The second kappa shape index (κ2) is 8.20. The molecule has 1 fully saturated rings. The average Bonchev–Trinajstić information content (AvgIpc) is 2.68. The molecule has 1 aromatic heterocycles. The molecule has 0 atom stereocenters. The smallest absolute Gasteiger partial charge is 0.329 e. The number of carbonyl (C=O) groups is 2. The van der Waals surface area contributed by atoms with Gasteiger partial charge < -0.3 is 15.2 Å². The number of carbonyl (C=O) groups excluding carboxylic acids is 1. The Morgan fingerprint density at radius 2 is 1.96 bits per heavy atom. The lowest BCUT2D eigenvalue weighted by Gasteiger charge is -2.34. The molecule has 1 heterocycles. The monoisotopic (exact) mass is 368 g/mol. The van der Waals surface area contributed by atoms with Crippen molar-refractivity contribution in [3.63, 3.8) is 0 Å². The van der Waals surface area contributed by atoms with Crippen LogP contribution in [0.5, 0.6) is 5.75 Å². The molecule has 6 nitrogen and oxygen atoms in total. The molecule has 0 unspecified atom stereocenters. The van der Waals surface area contributed by atoms with E-state index >= 15 is 0 Å². The Morgan fingerprint density at radius 1 is 1.19 bits per heavy atom. The number of pyridine rings is 1. The highest BCUT2D eigenvalue weighted by molar-refractivity contribution is 5.98. The van der Waals surface area contributed by atoms with Crippen molar-refractivity contribution in [3.8, 4) is 5.75 Å². The molecule has 6 heteroatoms. The molecule has 2 N–H and O–H groups in total. The van der Waals surface area contributed by atoms with Gasteiger partial charge >= 0.3 is 5.97 Å². The molecule has 0 spiro atoms. The molecule has 3 rings (SSSR count). The van der Waals surface area contributed by atoms with Gasteiger partial charge in [-0.25, -0.2) is 4.79 Å². The van der Waals surface area contributed by atoms with Crippen molar-refractivity contribution in [1.29, 1.82) is 0 Å². The highest BCUT2D eigenvalue weighted by atomic mass is 16.5. The van der Waals surface area contributed by atoms with Crippen LogP contribution < -0.4 is 10.1 Å². The lowest BCUT2D eigenvalue weighted by Crippen LogP contribution is -2.55. The zero-order valence-electron chi connectivity index (χ0n) is 15.4. The molecule has 0 saturated heterocycles. The number of aliphatic carboxylic acids is 1. The summed E-state index contributed by atoms with van der Waals surface area (Å²) in [5.74, 6) is -0.664. The van der Waals surface area contributed by atoms with Gasteiger partial charge in [0, 0.05) is 11.3 Å². The Morgan fingerprint density at radius 3 is 2.63 bits per heavy atom. The van der Waals surface area contributed by atoms with Crippen LogP contribution >= 0.6 is 0 Å². The maximum atomic E-state index is 12.7. The predicted octanol–water partition coefficient (Wildman–Crippen LogP) is 3.49. The van der Waals surface area contributed by atoms with Crippen molar-refractivity contribution >= 4 is 11.9 Å². The summed E-state index contributed by atoms with van der Waals surface area (Å²) in [5.41, 5.74) is 1.02. The van der Waals surface area contributed by atoms with E-state index in [9.17, 15) is 14.7 Å². The number of ether oxygens (including phenoxy) is 1. The van der Waals surface area contributed by atoms with Crippen LogP contribution in [0.2, 0.25) is 0 Å². The lowest BCUT2D eigenvalue weighted by atomic mass is 9.81. The molecule has 0 radical (unpaired) electrons. The molecule has 27 heavy (non-hydrogen) atoms. The van der Waals surface area contributed by atoms with Crippen molar-refractivity contribution in [2.45, 2.75) is 51.2 Å². The van der Waals surface area contributed by atoms with Gasteiger partial charge in [0.25, 0.3) is 5.91 Å². The number of rotatable bonds is 6. The molecular weight excluding hydrogens is 344 g/mol. The second-order valence-electron chi connectivity index (χ2n) is 7.03. The van der Waals surface area contributed by atoms with Gasteiger partial charge in [0.1, 0.15) is 17.9 Å². The van der Waals surface area contributed by atoms with Gasteiger partial charge in [-0.1, -0.05) is 31.4 Å². The minimum absolute atomic E-state index is 0.302. The van der Waals surface area contributed by atoms with Crippen molar-refractivity contribution < 1.29 is 19.4 Å². The molecular formula is C21H24N2O4.